The molecule has 20 heavy (non-hydrogen) atoms. The Balaban J connectivity index is 4.53. The van der Waals surface area contributed by atoms with Gasteiger partial charge >= 0.3 is 8.25 Å². The van der Waals surface area contributed by atoms with Crippen LogP contribution in [-0.4, -0.2) is 21.9 Å². The van der Waals surface area contributed by atoms with Crippen molar-refractivity contribution in [2.75, 3.05) is 0 Å². The minimum Gasteiger partial charge on any atom is -0.411 e. The first-order chi connectivity index (χ1) is 9.60. The van der Waals surface area contributed by atoms with Gasteiger partial charge in [-0.3, -0.25) is 9.09 Å². The lowest BCUT2D eigenvalue weighted by molar-refractivity contribution is 0.109. The van der Waals surface area contributed by atoms with Crippen LogP contribution < -0.4 is 0 Å². The molecule has 0 aliphatic rings. The normalized spacial score (nSPS) is 13.9. The standard InChI is InChI=1S/C14H30NO4P/c1-3-5-7-9-11-14(13-15-16,19-20(17)18)12-10-8-6-4-2/h13,16,20H,3-12H2,1-2H3,(H,17,18). The van der Waals surface area contributed by atoms with Crippen LogP contribution >= 0.6 is 8.25 Å². The maximum Gasteiger partial charge on any atom is 0.317 e. The van der Waals surface area contributed by atoms with Crippen LogP contribution in [0.15, 0.2) is 5.16 Å². The summed E-state index contributed by atoms with van der Waals surface area (Å²) in [6.07, 6.45) is 11.0. The highest BCUT2D eigenvalue weighted by Gasteiger charge is 2.30. The van der Waals surface area contributed by atoms with Gasteiger partial charge in [0.2, 0.25) is 0 Å². The molecule has 0 aliphatic heterocycles. The van der Waals surface area contributed by atoms with Crippen molar-refractivity contribution in [2.24, 2.45) is 5.16 Å². The predicted molar refractivity (Wildman–Crippen MR) is 82.8 cm³/mol. The summed E-state index contributed by atoms with van der Waals surface area (Å²) in [6.45, 7) is 4.27. The van der Waals surface area contributed by atoms with Crippen molar-refractivity contribution in [1.82, 2.24) is 0 Å². The molecule has 1 unspecified atom stereocenters. The summed E-state index contributed by atoms with van der Waals surface area (Å²) in [5.74, 6) is 0. The molecule has 0 amide bonds. The van der Waals surface area contributed by atoms with Crippen molar-refractivity contribution in [3.05, 3.63) is 0 Å². The Kier molecular flexibility index (Phi) is 12.1. The molecule has 0 fully saturated rings. The van der Waals surface area contributed by atoms with Crippen LogP contribution in [-0.2, 0) is 9.09 Å². The highest BCUT2D eigenvalue weighted by atomic mass is 31.1. The van der Waals surface area contributed by atoms with Gasteiger partial charge in [-0.05, 0) is 12.8 Å². The fraction of sp³-hybridized carbons (Fsp3) is 0.929. The zero-order chi connectivity index (χ0) is 15.3. The zero-order valence-corrected chi connectivity index (χ0v) is 13.8. The summed E-state index contributed by atoms with van der Waals surface area (Å²) in [5, 5.41) is 11.9. The van der Waals surface area contributed by atoms with E-state index < -0.39 is 13.9 Å². The van der Waals surface area contributed by atoms with E-state index in [4.69, 9.17) is 14.6 Å². The van der Waals surface area contributed by atoms with Crippen LogP contribution in [0.4, 0.5) is 0 Å². The average Bonchev–Trinajstić information content (AvgIpc) is 2.39. The fourth-order valence-corrected chi connectivity index (χ4v) is 2.97. The second kappa shape index (κ2) is 12.4. The second-order valence-electron chi connectivity index (χ2n) is 5.30. The Morgan fingerprint density at radius 3 is 1.90 bits per heavy atom. The summed E-state index contributed by atoms with van der Waals surface area (Å²) >= 11 is 0. The fourth-order valence-electron chi connectivity index (χ4n) is 2.36. The Labute approximate surface area is 123 Å². The van der Waals surface area contributed by atoms with Crippen molar-refractivity contribution in [3.8, 4) is 0 Å². The largest absolute Gasteiger partial charge is 0.411 e. The maximum atomic E-state index is 11.1. The molecule has 0 rings (SSSR count). The molecule has 0 bridgehead atoms. The number of nitrogens with zero attached hydrogens (tertiary/aromatic N) is 1. The molecule has 1 atom stereocenters. The average molecular weight is 307 g/mol. The van der Waals surface area contributed by atoms with Crippen LogP contribution in [0, 0.1) is 0 Å². The van der Waals surface area contributed by atoms with Gasteiger partial charge in [-0.2, -0.15) is 0 Å². The van der Waals surface area contributed by atoms with E-state index in [-0.39, 0.29) is 0 Å². The van der Waals surface area contributed by atoms with E-state index in [1.54, 1.807) is 0 Å². The molecule has 0 saturated heterocycles. The third-order valence-corrected chi connectivity index (χ3v) is 4.07. The van der Waals surface area contributed by atoms with Crippen molar-refractivity contribution in [1.29, 1.82) is 0 Å². The third-order valence-electron chi connectivity index (χ3n) is 3.49. The summed E-state index contributed by atoms with van der Waals surface area (Å²) < 4.78 is 16.3. The van der Waals surface area contributed by atoms with Crippen molar-refractivity contribution >= 4 is 14.5 Å². The van der Waals surface area contributed by atoms with Gasteiger partial charge in [-0.15, -0.1) is 0 Å². The third kappa shape index (κ3) is 9.51. The summed E-state index contributed by atoms with van der Waals surface area (Å²) in [6, 6.07) is 0. The van der Waals surface area contributed by atoms with Crippen LogP contribution in [0.5, 0.6) is 0 Å². The van der Waals surface area contributed by atoms with Crippen molar-refractivity contribution in [3.63, 3.8) is 0 Å². The predicted octanol–water partition coefficient (Wildman–Crippen LogP) is 4.52. The monoisotopic (exact) mass is 307 g/mol. The van der Waals surface area contributed by atoms with Gasteiger partial charge in [-0.25, -0.2) is 0 Å². The maximum absolute atomic E-state index is 11.1. The minimum absolute atomic E-state index is 0.625. The highest BCUT2D eigenvalue weighted by molar-refractivity contribution is 7.32. The number of oxime groups is 1. The van der Waals surface area contributed by atoms with Crippen molar-refractivity contribution < 1.29 is 19.2 Å². The van der Waals surface area contributed by atoms with E-state index in [9.17, 15) is 4.57 Å². The molecule has 120 valence electrons. The van der Waals surface area contributed by atoms with E-state index in [2.05, 4.69) is 19.0 Å². The minimum atomic E-state index is -3.05. The Bertz CT molecular complexity index is 272. The molecule has 0 radical (unpaired) electrons. The topological polar surface area (TPSA) is 79.1 Å². The molecule has 0 spiro atoms. The first-order valence-corrected chi connectivity index (χ1v) is 8.97. The summed E-state index contributed by atoms with van der Waals surface area (Å²) in [4.78, 5) is 9.10. The molecule has 0 aromatic heterocycles. The molecule has 0 heterocycles. The van der Waals surface area contributed by atoms with Crippen LogP contribution in [0.3, 0.4) is 0 Å². The van der Waals surface area contributed by atoms with Gasteiger partial charge in [0, 0.05) is 0 Å². The molecule has 0 aromatic rings. The highest BCUT2D eigenvalue weighted by Crippen LogP contribution is 2.34. The van der Waals surface area contributed by atoms with Gasteiger partial charge in [0.15, 0.2) is 0 Å². The molecule has 0 aromatic carbocycles. The van der Waals surface area contributed by atoms with Gasteiger partial charge in [0.25, 0.3) is 0 Å². The SMILES string of the molecule is CCCCCCC(C=NO)(CCCCCC)O[PH](=O)O. The second-order valence-corrected chi connectivity index (χ2v) is 6.03. The zero-order valence-electron chi connectivity index (χ0n) is 12.8. The van der Waals surface area contributed by atoms with Crippen molar-refractivity contribution in [2.45, 2.75) is 83.7 Å². The Morgan fingerprint density at radius 1 is 1.05 bits per heavy atom. The van der Waals surface area contributed by atoms with E-state index in [0.29, 0.717) is 12.8 Å². The van der Waals surface area contributed by atoms with E-state index in [1.807, 2.05) is 0 Å². The number of rotatable bonds is 13. The lowest BCUT2D eigenvalue weighted by atomic mass is 9.91. The smallest absolute Gasteiger partial charge is 0.317 e. The van der Waals surface area contributed by atoms with Crippen LogP contribution in [0.2, 0.25) is 0 Å². The molecular formula is C14H30NO4P. The number of hydrogen-bond acceptors (Lipinski definition) is 4. The molecular weight excluding hydrogens is 277 g/mol. The van der Waals surface area contributed by atoms with Gasteiger partial charge in [-0.1, -0.05) is 70.4 Å². The number of unbranched alkanes of at least 4 members (excludes halogenated alkanes) is 6. The van der Waals surface area contributed by atoms with E-state index >= 15 is 0 Å². The van der Waals surface area contributed by atoms with E-state index in [0.717, 1.165) is 51.4 Å². The van der Waals surface area contributed by atoms with Crippen LogP contribution in [0.25, 0.3) is 0 Å². The van der Waals surface area contributed by atoms with Crippen LogP contribution in [0.1, 0.15) is 78.1 Å². The first-order valence-electron chi connectivity index (χ1n) is 7.70. The Morgan fingerprint density at radius 2 is 1.55 bits per heavy atom. The summed E-state index contributed by atoms with van der Waals surface area (Å²) in [5.41, 5.74) is -0.888. The van der Waals surface area contributed by atoms with Gasteiger partial charge < -0.3 is 10.1 Å². The van der Waals surface area contributed by atoms with Gasteiger partial charge in [0.1, 0.15) is 5.60 Å². The molecule has 2 N–H and O–H groups in total. The lowest BCUT2D eigenvalue weighted by Crippen LogP contribution is -2.32. The molecule has 5 nitrogen and oxygen atoms in total. The van der Waals surface area contributed by atoms with E-state index in [1.165, 1.54) is 6.21 Å². The van der Waals surface area contributed by atoms with Gasteiger partial charge in [0.05, 0.1) is 6.21 Å². The Hall–Kier alpha value is -0.380. The molecule has 6 heteroatoms. The number of hydrogen-bond donors (Lipinski definition) is 2. The first kappa shape index (κ1) is 19.6. The quantitative estimate of drug-likeness (QED) is 0.172. The molecule has 0 saturated carbocycles. The molecule has 0 aliphatic carbocycles. The lowest BCUT2D eigenvalue weighted by Gasteiger charge is -2.28. The summed E-state index contributed by atoms with van der Waals surface area (Å²) in [7, 11) is -3.05.